The Balaban J connectivity index is 2.99. The Morgan fingerprint density at radius 2 is 2.12 bits per heavy atom. The molecule has 1 fully saturated rings. The molecule has 0 unspecified atom stereocenters. The van der Waals surface area contributed by atoms with Crippen LogP contribution < -0.4 is 0 Å². The van der Waals surface area contributed by atoms with Gasteiger partial charge in [-0.15, -0.1) is 0 Å². The van der Waals surface area contributed by atoms with Crippen molar-refractivity contribution < 1.29 is 23.9 Å². The summed E-state index contributed by atoms with van der Waals surface area (Å²) in [5.41, 5.74) is -2.10. The molecule has 2 nitrogen and oxygen atoms in total. The van der Waals surface area contributed by atoms with Gasteiger partial charge in [0.15, 0.2) is 0 Å². The normalized spacial score (nSPS) is 43.0. The first kappa shape index (κ1) is 3.82. The molecule has 1 aromatic carbocycles. The summed E-state index contributed by atoms with van der Waals surface area (Å²) in [5.74, 6) is 0. The van der Waals surface area contributed by atoms with Crippen molar-refractivity contribution in [2.24, 2.45) is 0 Å². The maximum absolute atomic E-state index is 8.52. The summed E-state index contributed by atoms with van der Waals surface area (Å²) in [5, 5.41) is 0. The zero-order chi connectivity index (χ0) is 24.7. The molecule has 1 aliphatic heterocycles. The van der Waals surface area contributed by atoms with Crippen LogP contribution in [-0.2, 0) is 16.6 Å². The van der Waals surface area contributed by atoms with Gasteiger partial charge in [0.05, 0.1) is 24.1 Å². The van der Waals surface area contributed by atoms with Gasteiger partial charge in [0.1, 0.15) is 0 Å². The fourth-order valence-electron chi connectivity index (χ4n) is 1.13. The Kier molecular flexibility index (Phi) is 1.17. The lowest BCUT2D eigenvalue weighted by molar-refractivity contribution is 0.0342. The maximum Gasteiger partial charge on any atom is 0.0629 e. The zero-order valence-electron chi connectivity index (χ0n) is 23.9. The van der Waals surface area contributed by atoms with Gasteiger partial charge < -0.3 is 4.74 Å². The van der Waals surface area contributed by atoms with Crippen LogP contribution in [0.15, 0.2) is 24.2 Å². The Morgan fingerprint density at radius 3 is 2.76 bits per heavy atom. The highest BCUT2D eigenvalue weighted by atomic mass is 16.5. The summed E-state index contributed by atoms with van der Waals surface area (Å²) in [6.45, 7) is -13.0. The number of nitrogens with zero attached hydrogens (tertiary/aromatic N) is 1. The Hall–Kier alpha value is -0.860. The molecule has 0 bridgehead atoms. The molecule has 2 rings (SSSR count). The summed E-state index contributed by atoms with van der Waals surface area (Å²) < 4.78 is 117. The van der Waals surface area contributed by atoms with E-state index >= 15 is 0 Å². The van der Waals surface area contributed by atoms with E-state index in [1.807, 2.05) is 0 Å². The molecular weight excluding hydrogens is 210 g/mol. The van der Waals surface area contributed by atoms with Crippen LogP contribution in [0.1, 0.15) is 51.1 Å². The second-order valence-electron chi connectivity index (χ2n) is 4.48. The highest BCUT2D eigenvalue weighted by molar-refractivity contribution is 5.28. The lowest BCUT2D eigenvalue weighted by Crippen LogP contribution is -2.35. The predicted octanol–water partition coefficient (Wildman–Crippen LogP) is 2.82. The van der Waals surface area contributed by atoms with Crippen LogP contribution in [0, 0.1) is 0 Å². The number of hydrogen-bond donors (Lipinski definition) is 0. The van der Waals surface area contributed by atoms with E-state index in [-0.39, 0.29) is 10.5 Å². The van der Waals surface area contributed by atoms with Crippen LogP contribution in [0.5, 0.6) is 0 Å². The number of ether oxygens (including phenoxy) is 1. The minimum atomic E-state index is -3.60. The van der Waals surface area contributed by atoms with E-state index in [0.29, 0.717) is 0 Å². The molecule has 94 valence electrons. The lowest BCUT2D eigenvalue weighted by atomic mass is 9.86. The molecule has 2 heteroatoms. The topological polar surface area (TPSA) is 12.5 Å². The van der Waals surface area contributed by atoms with Crippen LogP contribution in [-0.4, -0.2) is 31.0 Å². The van der Waals surface area contributed by atoms with E-state index < -0.39 is 67.8 Å². The third kappa shape index (κ3) is 3.55. The van der Waals surface area contributed by atoms with Gasteiger partial charge in [-0.05, 0) is 16.5 Å². The average Bonchev–Trinajstić information content (AvgIpc) is 2.47. The SMILES string of the molecule is [2H]c1c([2H])c(C(C)(C)C)c([2H])c(C([2H])([2H])N2C([2H])([2H])C([2H])([2H])OC([2H])([2H])C2([2H])[2H])c1[2H]. The fourth-order valence-corrected chi connectivity index (χ4v) is 1.13. The van der Waals surface area contributed by atoms with Crippen LogP contribution in [0.2, 0.25) is 0 Å². The highest BCUT2D eigenvalue weighted by Crippen LogP contribution is 2.23. The Morgan fingerprint density at radius 1 is 1.41 bits per heavy atom. The van der Waals surface area contributed by atoms with E-state index in [9.17, 15) is 0 Å². The molecule has 1 aliphatic rings. The largest absolute Gasteiger partial charge is 0.379 e. The van der Waals surface area contributed by atoms with E-state index in [4.69, 9.17) is 19.2 Å². The standard InChI is InChI=1S/C15H23NO/c1-15(2,3)14-6-4-5-13(11-14)12-16-7-9-17-10-8-16/h4-6,11H,7-10,12H2,1-3H3/i4D,5D,6D,7D2,8D2,9D2,10D2,11D,12D2. The maximum atomic E-state index is 8.52. The molecular formula is C15H23NO. The van der Waals surface area contributed by atoms with E-state index in [1.54, 1.807) is 20.8 Å². The summed E-state index contributed by atoms with van der Waals surface area (Å²) in [4.78, 5) is -0.364. The Bertz CT molecular complexity index is 878. The molecule has 0 N–H and O–H groups in total. The Labute approximate surface area is 124 Å². The van der Waals surface area contributed by atoms with Crippen LogP contribution in [0.25, 0.3) is 0 Å². The quantitative estimate of drug-likeness (QED) is 0.797. The van der Waals surface area contributed by atoms with Crippen molar-refractivity contribution in [1.29, 1.82) is 0 Å². The first-order chi connectivity index (χ1) is 13.5. The minimum absolute atomic E-state index is 0.146. The van der Waals surface area contributed by atoms with E-state index in [2.05, 4.69) is 4.74 Å². The minimum Gasteiger partial charge on any atom is -0.379 e. The van der Waals surface area contributed by atoms with E-state index in [0.717, 1.165) is 0 Å². The first-order valence-corrected chi connectivity index (χ1v) is 5.08. The van der Waals surface area contributed by atoms with Gasteiger partial charge in [0.25, 0.3) is 0 Å². The van der Waals surface area contributed by atoms with Gasteiger partial charge in [0, 0.05) is 27.7 Å². The molecule has 0 spiro atoms. The van der Waals surface area contributed by atoms with Crippen LogP contribution >= 0.6 is 0 Å². The lowest BCUT2D eigenvalue weighted by Gasteiger charge is -2.27. The highest BCUT2D eigenvalue weighted by Gasteiger charge is 2.15. The third-order valence-corrected chi connectivity index (χ3v) is 2.02. The van der Waals surface area contributed by atoms with Crippen LogP contribution in [0.3, 0.4) is 0 Å². The van der Waals surface area contributed by atoms with Crippen LogP contribution in [0.4, 0.5) is 0 Å². The van der Waals surface area contributed by atoms with Crippen molar-refractivity contribution in [1.82, 2.24) is 4.90 Å². The van der Waals surface area contributed by atoms with Gasteiger partial charge in [-0.25, -0.2) is 0 Å². The monoisotopic (exact) mass is 247 g/mol. The van der Waals surface area contributed by atoms with Crippen molar-refractivity contribution >= 4 is 0 Å². The molecule has 0 atom stereocenters. The van der Waals surface area contributed by atoms with Crippen molar-refractivity contribution in [2.45, 2.75) is 32.7 Å². The van der Waals surface area contributed by atoms with Crippen molar-refractivity contribution in [2.75, 3.05) is 26.1 Å². The molecule has 0 aliphatic carbocycles. The van der Waals surface area contributed by atoms with Crippen molar-refractivity contribution in [3.05, 3.63) is 35.3 Å². The van der Waals surface area contributed by atoms with Gasteiger partial charge in [0.2, 0.25) is 0 Å². The molecule has 1 aromatic rings. The molecule has 0 amide bonds. The first-order valence-electron chi connectivity index (χ1n) is 12.1. The second-order valence-corrected chi connectivity index (χ2v) is 4.48. The number of hydrogen-bond acceptors (Lipinski definition) is 2. The molecule has 0 aromatic heterocycles. The number of rotatable bonds is 2. The third-order valence-electron chi connectivity index (χ3n) is 2.02. The van der Waals surface area contributed by atoms with Gasteiger partial charge >= 0.3 is 0 Å². The van der Waals surface area contributed by atoms with Gasteiger partial charge in [-0.2, -0.15) is 0 Å². The van der Waals surface area contributed by atoms with E-state index in [1.165, 1.54) is 0 Å². The number of morpholine rings is 1. The average molecular weight is 247 g/mol. The summed E-state index contributed by atoms with van der Waals surface area (Å²) in [6.07, 6.45) is 0. The fraction of sp³-hybridized carbons (Fsp3) is 0.600. The predicted molar refractivity (Wildman–Crippen MR) is 71.2 cm³/mol. The summed E-state index contributed by atoms with van der Waals surface area (Å²) >= 11 is 0. The molecule has 0 saturated carbocycles. The zero-order valence-corrected chi connectivity index (χ0v) is 9.86. The van der Waals surface area contributed by atoms with Crippen molar-refractivity contribution in [3.63, 3.8) is 0 Å². The van der Waals surface area contributed by atoms with Gasteiger partial charge in [-0.1, -0.05) is 44.9 Å². The smallest absolute Gasteiger partial charge is 0.0629 e. The van der Waals surface area contributed by atoms with Gasteiger partial charge in [-0.3, -0.25) is 4.90 Å². The summed E-state index contributed by atoms with van der Waals surface area (Å²) in [7, 11) is 0. The number of benzene rings is 1. The molecule has 1 heterocycles. The molecule has 0 radical (unpaired) electrons. The molecule has 17 heavy (non-hydrogen) atoms. The van der Waals surface area contributed by atoms with Crippen molar-refractivity contribution in [3.8, 4) is 0 Å². The second kappa shape index (κ2) is 5.19. The summed E-state index contributed by atoms with van der Waals surface area (Å²) in [6, 6.07) is -3.02. The molecule has 1 saturated heterocycles.